The molecular formula is C20H23ClO3S. The van der Waals surface area contributed by atoms with Gasteiger partial charge in [0.15, 0.2) is 0 Å². The first kappa shape index (κ1) is 21.2. The summed E-state index contributed by atoms with van der Waals surface area (Å²) in [6, 6.07) is 5.40. The maximum Gasteiger partial charge on any atom is 0.341 e. The molecule has 1 aromatic rings. The highest BCUT2D eigenvalue weighted by atomic mass is 35.5. The molecule has 134 valence electrons. The Morgan fingerprint density at radius 1 is 1.32 bits per heavy atom. The number of carbonyl (C=O) groups excluding carboxylic acids is 1. The predicted molar refractivity (Wildman–Crippen MR) is 106 cm³/mol. The lowest BCUT2D eigenvalue weighted by atomic mass is 9.98. The van der Waals surface area contributed by atoms with Gasteiger partial charge in [-0.25, -0.2) is 4.79 Å². The third-order valence-corrected chi connectivity index (χ3v) is 4.39. The molecule has 0 aromatic heterocycles. The van der Waals surface area contributed by atoms with Gasteiger partial charge in [0.2, 0.25) is 0 Å². The van der Waals surface area contributed by atoms with Crippen LogP contribution in [0.15, 0.2) is 41.5 Å². The van der Waals surface area contributed by atoms with Crippen molar-refractivity contribution in [3.05, 3.63) is 47.2 Å². The molecule has 0 saturated heterocycles. The van der Waals surface area contributed by atoms with Crippen LogP contribution in [0.1, 0.15) is 26.3 Å². The van der Waals surface area contributed by atoms with E-state index in [2.05, 4.69) is 32.6 Å². The average molecular weight is 379 g/mol. The van der Waals surface area contributed by atoms with Crippen LogP contribution >= 0.6 is 23.4 Å². The Labute approximate surface area is 159 Å². The number of hydrogen-bond acceptors (Lipinski definition) is 4. The van der Waals surface area contributed by atoms with Crippen LogP contribution in [0.4, 0.5) is 0 Å². The van der Waals surface area contributed by atoms with Gasteiger partial charge in [-0.15, -0.1) is 11.8 Å². The summed E-state index contributed by atoms with van der Waals surface area (Å²) in [6.07, 6.45) is 5.17. The van der Waals surface area contributed by atoms with E-state index in [1.165, 1.54) is 32.2 Å². The van der Waals surface area contributed by atoms with Gasteiger partial charge in [-0.05, 0) is 32.9 Å². The van der Waals surface area contributed by atoms with Gasteiger partial charge >= 0.3 is 5.97 Å². The standard InChI is InChI=1S/C20H23ClO3S/c1-20(2,3)12-7-6-8-13-25-18-15(10-9-11-17(18)21)16(14-23-4)19(22)24-5/h6,8-11,14H,13H2,1-5H3. The number of benzene rings is 1. The van der Waals surface area contributed by atoms with Crippen LogP contribution in [0.25, 0.3) is 5.57 Å². The van der Waals surface area contributed by atoms with E-state index in [1.807, 2.05) is 18.2 Å². The van der Waals surface area contributed by atoms with E-state index in [9.17, 15) is 4.79 Å². The van der Waals surface area contributed by atoms with Crippen LogP contribution < -0.4 is 0 Å². The maximum atomic E-state index is 12.0. The minimum absolute atomic E-state index is 0.0201. The summed E-state index contributed by atoms with van der Waals surface area (Å²) in [5, 5.41) is 0.572. The molecule has 0 spiro atoms. The number of ether oxygens (including phenoxy) is 2. The summed E-state index contributed by atoms with van der Waals surface area (Å²) < 4.78 is 9.85. The molecule has 3 nitrogen and oxygen atoms in total. The zero-order valence-corrected chi connectivity index (χ0v) is 16.8. The van der Waals surface area contributed by atoms with Gasteiger partial charge in [0.1, 0.15) is 5.57 Å². The maximum absolute atomic E-state index is 12.0. The lowest BCUT2D eigenvalue weighted by molar-refractivity contribution is -0.133. The smallest absolute Gasteiger partial charge is 0.341 e. The molecule has 0 bridgehead atoms. The first-order valence-electron chi connectivity index (χ1n) is 7.71. The third kappa shape index (κ3) is 7.29. The van der Waals surface area contributed by atoms with Crippen LogP contribution in [-0.2, 0) is 14.3 Å². The van der Waals surface area contributed by atoms with Crippen molar-refractivity contribution in [1.82, 2.24) is 0 Å². The van der Waals surface area contributed by atoms with Gasteiger partial charge in [0.05, 0.1) is 25.5 Å². The molecule has 0 aliphatic carbocycles. The topological polar surface area (TPSA) is 35.5 Å². The second kappa shape index (κ2) is 10.2. The molecule has 0 fully saturated rings. The number of esters is 1. The van der Waals surface area contributed by atoms with E-state index in [0.717, 1.165) is 4.90 Å². The minimum atomic E-state index is -0.474. The molecule has 0 aliphatic heterocycles. The predicted octanol–water partition coefficient (Wildman–Crippen LogP) is 5.20. The first-order chi connectivity index (χ1) is 11.8. The molecule has 0 atom stereocenters. The zero-order chi connectivity index (χ0) is 18.9. The van der Waals surface area contributed by atoms with Gasteiger partial charge in [0, 0.05) is 21.6 Å². The van der Waals surface area contributed by atoms with E-state index in [1.54, 1.807) is 12.1 Å². The summed E-state index contributed by atoms with van der Waals surface area (Å²) in [5.41, 5.74) is 0.986. The molecule has 0 N–H and O–H groups in total. The van der Waals surface area contributed by atoms with Crippen molar-refractivity contribution in [3.63, 3.8) is 0 Å². The number of allylic oxidation sites excluding steroid dienone is 1. The Morgan fingerprint density at radius 2 is 2.04 bits per heavy atom. The second-order valence-corrected chi connectivity index (χ2v) is 7.55. The van der Waals surface area contributed by atoms with Crippen molar-refractivity contribution in [1.29, 1.82) is 0 Å². The van der Waals surface area contributed by atoms with Gasteiger partial charge in [-0.2, -0.15) is 0 Å². The van der Waals surface area contributed by atoms with Crippen LogP contribution in [0.2, 0.25) is 5.02 Å². The number of hydrogen-bond donors (Lipinski definition) is 0. The quantitative estimate of drug-likeness (QED) is 0.224. The highest BCUT2D eigenvalue weighted by Gasteiger charge is 2.18. The molecule has 0 aliphatic rings. The summed E-state index contributed by atoms with van der Waals surface area (Å²) in [4.78, 5) is 12.8. The highest BCUT2D eigenvalue weighted by molar-refractivity contribution is 7.99. The molecule has 0 unspecified atom stereocenters. The number of carbonyl (C=O) groups is 1. The SMILES string of the molecule is COC=C(C(=O)OC)c1cccc(Cl)c1SCC=CC#CC(C)(C)C. The summed E-state index contributed by atoms with van der Waals surface area (Å²) in [5.74, 6) is 6.37. The summed E-state index contributed by atoms with van der Waals surface area (Å²) >= 11 is 7.85. The van der Waals surface area contributed by atoms with Crippen LogP contribution in [0, 0.1) is 17.3 Å². The Balaban J connectivity index is 3.00. The average Bonchev–Trinajstić information content (AvgIpc) is 2.55. The van der Waals surface area contributed by atoms with Crippen LogP contribution in [0.5, 0.6) is 0 Å². The van der Waals surface area contributed by atoms with Gasteiger partial charge in [0.25, 0.3) is 0 Å². The van der Waals surface area contributed by atoms with Crippen LogP contribution in [-0.4, -0.2) is 25.9 Å². The third-order valence-electron chi connectivity index (χ3n) is 2.87. The van der Waals surface area contributed by atoms with Crippen molar-refractivity contribution in [3.8, 4) is 11.8 Å². The summed E-state index contributed by atoms with van der Waals surface area (Å²) in [7, 11) is 2.82. The largest absolute Gasteiger partial charge is 0.503 e. The van der Waals surface area contributed by atoms with Gasteiger partial charge in [-0.1, -0.05) is 41.7 Å². The fourth-order valence-corrected chi connectivity index (χ4v) is 3.05. The normalized spacial score (nSPS) is 11.8. The fraction of sp³-hybridized carbons (Fsp3) is 0.350. The number of methoxy groups -OCH3 is 2. The molecular weight excluding hydrogens is 356 g/mol. The minimum Gasteiger partial charge on any atom is -0.503 e. The van der Waals surface area contributed by atoms with Crippen molar-refractivity contribution >= 4 is 34.9 Å². The lowest BCUT2D eigenvalue weighted by Crippen LogP contribution is -2.05. The molecule has 0 heterocycles. The second-order valence-electron chi connectivity index (χ2n) is 6.11. The first-order valence-corrected chi connectivity index (χ1v) is 9.07. The fourth-order valence-electron chi connectivity index (χ4n) is 1.81. The van der Waals surface area contributed by atoms with Gasteiger partial charge < -0.3 is 9.47 Å². The molecule has 1 aromatic carbocycles. The Hall–Kier alpha value is -1.83. The van der Waals surface area contributed by atoms with Crippen molar-refractivity contribution in [2.24, 2.45) is 5.41 Å². The Kier molecular flexibility index (Phi) is 8.68. The molecule has 5 heteroatoms. The highest BCUT2D eigenvalue weighted by Crippen LogP contribution is 2.35. The Bertz CT molecular complexity index is 719. The van der Waals surface area contributed by atoms with Crippen molar-refractivity contribution < 1.29 is 14.3 Å². The number of thioether (sulfide) groups is 1. The molecule has 0 amide bonds. The molecule has 1 rings (SSSR count). The van der Waals surface area contributed by atoms with E-state index >= 15 is 0 Å². The molecule has 0 radical (unpaired) electrons. The monoisotopic (exact) mass is 378 g/mol. The molecule has 25 heavy (non-hydrogen) atoms. The van der Waals surface area contributed by atoms with Crippen molar-refractivity contribution in [2.75, 3.05) is 20.0 Å². The number of rotatable bonds is 6. The van der Waals surface area contributed by atoms with Crippen LogP contribution in [0.3, 0.4) is 0 Å². The summed E-state index contributed by atoms with van der Waals surface area (Å²) in [6.45, 7) is 6.19. The number of halogens is 1. The zero-order valence-electron chi connectivity index (χ0n) is 15.2. The molecule has 0 saturated carbocycles. The van der Waals surface area contributed by atoms with E-state index in [0.29, 0.717) is 21.9 Å². The Morgan fingerprint density at radius 3 is 2.64 bits per heavy atom. The lowest BCUT2D eigenvalue weighted by Gasteiger charge is -2.12. The van der Waals surface area contributed by atoms with E-state index in [-0.39, 0.29) is 5.41 Å². The van der Waals surface area contributed by atoms with Gasteiger partial charge in [-0.3, -0.25) is 0 Å². The van der Waals surface area contributed by atoms with Crippen molar-refractivity contribution in [2.45, 2.75) is 25.7 Å². The van der Waals surface area contributed by atoms with E-state index in [4.69, 9.17) is 21.1 Å². The van der Waals surface area contributed by atoms with E-state index < -0.39 is 5.97 Å².